The molecule has 1 rings (SSSR count). The topological polar surface area (TPSA) is 40.5 Å². The standard InChI is InChI=1S/C10H18O2/c1-4-8-5-9(11)6(2)7(3)10(8)12/h4,6-12H,1,5H2,2-3H3. The third kappa shape index (κ3) is 1.54. The average molecular weight is 170 g/mol. The molecule has 1 saturated carbocycles. The Morgan fingerprint density at radius 2 is 1.83 bits per heavy atom. The van der Waals surface area contributed by atoms with Gasteiger partial charge in [0.2, 0.25) is 0 Å². The van der Waals surface area contributed by atoms with Gasteiger partial charge in [0.05, 0.1) is 12.2 Å². The number of aliphatic hydroxyl groups excluding tert-OH is 2. The smallest absolute Gasteiger partial charge is 0.0632 e. The maximum Gasteiger partial charge on any atom is 0.0632 e. The lowest BCUT2D eigenvalue weighted by Crippen LogP contribution is -2.43. The largest absolute Gasteiger partial charge is 0.393 e. The zero-order chi connectivity index (χ0) is 9.30. The van der Waals surface area contributed by atoms with Gasteiger partial charge < -0.3 is 10.2 Å². The predicted molar refractivity (Wildman–Crippen MR) is 48.6 cm³/mol. The van der Waals surface area contributed by atoms with E-state index in [1.807, 2.05) is 13.8 Å². The van der Waals surface area contributed by atoms with Crippen LogP contribution in [-0.4, -0.2) is 22.4 Å². The van der Waals surface area contributed by atoms with E-state index in [-0.39, 0.29) is 30.0 Å². The van der Waals surface area contributed by atoms with Crippen LogP contribution in [0.1, 0.15) is 20.3 Å². The van der Waals surface area contributed by atoms with Crippen LogP contribution < -0.4 is 0 Å². The van der Waals surface area contributed by atoms with Crippen molar-refractivity contribution in [3.63, 3.8) is 0 Å². The minimum absolute atomic E-state index is 0.0613. The van der Waals surface area contributed by atoms with Crippen molar-refractivity contribution in [2.24, 2.45) is 17.8 Å². The minimum atomic E-state index is -0.333. The SMILES string of the molecule is C=CC1CC(O)C(C)C(C)C1O. The summed E-state index contributed by atoms with van der Waals surface area (Å²) in [5, 5.41) is 19.4. The molecule has 0 amide bonds. The molecule has 0 spiro atoms. The fraction of sp³-hybridized carbons (Fsp3) is 0.800. The van der Waals surface area contributed by atoms with Crippen molar-refractivity contribution < 1.29 is 10.2 Å². The van der Waals surface area contributed by atoms with Crippen LogP contribution in [-0.2, 0) is 0 Å². The van der Waals surface area contributed by atoms with Crippen molar-refractivity contribution in [1.82, 2.24) is 0 Å². The predicted octanol–water partition coefficient (Wildman–Crippen LogP) is 1.19. The van der Waals surface area contributed by atoms with Crippen LogP contribution in [0.25, 0.3) is 0 Å². The highest BCUT2D eigenvalue weighted by Crippen LogP contribution is 2.34. The molecule has 1 fully saturated rings. The van der Waals surface area contributed by atoms with Crippen molar-refractivity contribution in [2.45, 2.75) is 32.5 Å². The Bertz CT molecular complexity index is 167. The van der Waals surface area contributed by atoms with E-state index in [1.165, 1.54) is 0 Å². The van der Waals surface area contributed by atoms with Crippen LogP contribution in [0.4, 0.5) is 0 Å². The van der Waals surface area contributed by atoms with Gasteiger partial charge in [0.15, 0.2) is 0 Å². The molecule has 0 aromatic heterocycles. The zero-order valence-electron chi connectivity index (χ0n) is 7.77. The quantitative estimate of drug-likeness (QED) is 0.580. The highest BCUT2D eigenvalue weighted by molar-refractivity contribution is 4.95. The lowest BCUT2D eigenvalue weighted by Gasteiger charge is -2.39. The third-order valence-electron chi connectivity index (χ3n) is 3.23. The van der Waals surface area contributed by atoms with Gasteiger partial charge in [-0.3, -0.25) is 0 Å². The number of hydrogen-bond acceptors (Lipinski definition) is 2. The van der Waals surface area contributed by atoms with Gasteiger partial charge >= 0.3 is 0 Å². The second-order valence-electron chi connectivity index (χ2n) is 3.91. The molecular formula is C10H18O2. The first-order valence-electron chi connectivity index (χ1n) is 4.56. The second kappa shape index (κ2) is 3.58. The van der Waals surface area contributed by atoms with E-state index in [1.54, 1.807) is 6.08 Å². The molecule has 0 heterocycles. The van der Waals surface area contributed by atoms with Gasteiger partial charge in [-0.2, -0.15) is 0 Å². The molecule has 0 aliphatic heterocycles. The Morgan fingerprint density at radius 1 is 1.25 bits per heavy atom. The van der Waals surface area contributed by atoms with Crippen LogP contribution in [0.3, 0.4) is 0 Å². The lowest BCUT2D eigenvalue weighted by atomic mass is 9.72. The second-order valence-corrected chi connectivity index (χ2v) is 3.91. The van der Waals surface area contributed by atoms with Gasteiger partial charge in [-0.1, -0.05) is 19.9 Å². The molecular weight excluding hydrogens is 152 g/mol. The van der Waals surface area contributed by atoms with Gasteiger partial charge in [0.1, 0.15) is 0 Å². The molecule has 0 saturated heterocycles. The zero-order valence-corrected chi connectivity index (χ0v) is 7.77. The summed E-state index contributed by atoms with van der Waals surface area (Å²) < 4.78 is 0. The van der Waals surface area contributed by atoms with Gasteiger partial charge in [-0.15, -0.1) is 6.58 Å². The first kappa shape index (κ1) is 9.75. The molecule has 0 radical (unpaired) electrons. The van der Waals surface area contributed by atoms with Crippen LogP contribution >= 0.6 is 0 Å². The van der Waals surface area contributed by atoms with Crippen LogP contribution in [0, 0.1) is 17.8 Å². The Balaban J connectivity index is 2.70. The van der Waals surface area contributed by atoms with E-state index >= 15 is 0 Å². The molecule has 2 heteroatoms. The Hall–Kier alpha value is -0.340. The molecule has 0 aromatic rings. The third-order valence-corrected chi connectivity index (χ3v) is 3.23. The Kier molecular flexibility index (Phi) is 2.91. The van der Waals surface area contributed by atoms with Crippen molar-refractivity contribution in [3.05, 3.63) is 12.7 Å². The maximum atomic E-state index is 9.74. The van der Waals surface area contributed by atoms with Gasteiger partial charge in [0.25, 0.3) is 0 Å². The minimum Gasteiger partial charge on any atom is -0.393 e. The maximum absolute atomic E-state index is 9.74. The fourth-order valence-corrected chi connectivity index (χ4v) is 1.92. The summed E-state index contributed by atoms with van der Waals surface area (Å²) in [5.41, 5.74) is 0. The van der Waals surface area contributed by atoms with Gasteiger partial charge in [-0.25, -0.2) is 0 Å². The fourth-order valence-electron chi connectivity index (χ4n) is 1.92. The van der Waals surface area contributed by atoms with Gasteiger partial charge in [0, 0.05) is 5.92 Å². The lowest BCUT2D eigenvalue weighted by molar-refractivity contribution is -0.0530. The highest BCUT2D eigenvalue weighted by atomic mass is 16.3. The molecule has 5 unspecified atom stereocenters. The summed E-state index contributed by atoms with van der Waals surface area (Å²) in [6, 6.07) is 0. The monoisotopic (exact) mass is 170 g/mol. The first-order chi connectivity index (χ1) is 5.57. The van der Waals surface area contributed by atoms with E-state index < -0.39 is 0 Å². The summed E-state index contributed by atoms with van der Waals surface area (Å²) in [5.74, 6) is 0.416. The van der Waals surface area contributed by atoms with E-state index in [4.69, 9.17) is 0 Å². The number of aliphatic hydroxyl groups is 2. The average Bonchev–Trinajstić information content (AvgIpc) is 2.08. The molecule has 2 nitrogen and oxygen atoms in total. The summed E-state index contributed by atoms with van der Waals surface area (Å²) >= 11 is 0. The van der Waals surface area contributed by atoms with E-state index in [0.29, 0.717) is 6.42 Å². The van der Waals surface area contributed by atoms with E-state index in [9.17, 15) is 10.2 Å². The summed E-state index contributed by atoms with van der Waals surface area (Å²) in [4.78, 5) is 0. The van der Waals surface area contributed by atoms with Gasteiger partial charge in [-0.05, 0) is 18.3 Å². The molecule has 5 atom stereocenters. The molecule has 12 heavy (non-hydrogen) atoms. The Morgan fingerprint density at radius 3 is 2.33 bits per heavy atom. The van der Waals surface area contributed by atoms with Crippen molar-refractivity contribution in [1.29, 1.82) is 0 Å². The number of hydrogen-bond donors (Lipinski definition) is 2. The molecule has 70 valence electrons. The highest BCUT2D eigenvalue weighted by Gasteiger charge is 2.37. The van der Waals surface area contributed by atoms with Crippen molar-refractivity contribution in [2.75, 3.05) is 0 Å². The van der Waals surface area contributed by atoms with E-state index in [0.717, 1.165) is 0 Å². The molecule has 2 N–H and O–H groups in total. The molecule has 1 aliphatic carbocycles. The van der Waals surface area contributed by atoms with Crippen LogP contribution in [0.15, 0.2) is 12.7 Å². The van der Waals surface area contributed by atoms with E-state index in [2.05, 4.69) is 6.58 Å². The Labute approximate surface area is 73.9 Å². The molecule has 0 aromatic carbocycles. The van der Waals surface area contributed by atoms with Crippen molar-refractivity contribution in [3.8, 4) is 0 Å². The van der Waals surface area contributed by atoms with Crippen LogP contribution in [0.5, 0.6) is 0 Å². The molecule has 0 bridgehead atoms. The van der Waals surface area contributed by atoms with Crippen molar-refractivity contribution >= 4 is 0 Å². The molecule has 1 aliphatic rings. The van der Waals surface area contributed by atoms with Crippen LogP contribution in [0.2, 0.25) is 0 Å². The summed E-state index contributed by atoms with van der Waals surface area (Å²) in [7, 11) is 0. The number of rotatable bonds is 1. The normalized spacial score (nSPS) is 48.8. The summed E-state index contributed by atoms with van der Waals surface area (Å²) in [6.07, 6.45) is 1.78. The first-order valence-corrected chi connectivity index (χ1v) is 4.56. The summed E-state index contributed by atoms with van der Waals surface area (Å²) in [6.45, 7) is 7.62.